The van der Waals surface area contributed by atoms with Crippen molar-refractivity contribution in [3.63, 3.8) is 0 Å². The maximum absolute atomic E-state index is 12.4. The van der Waals surface area contributed by atoms with Crippen molar-refractivity contribution in [3.8, 4) is 0 Å². The SMILES string of the molecule is O=C([O-])c1cc(NC(=O)c2c[nH]c3ccccc3c2=O)cc(C(=O)[O-])c1. The van der Waals surface area contributed by atoms with Crippen LogP contribution in [-0.4, -0.2) is 22.8 Å². The molecule has 0 radical (unpaired) electrons. The minimum absolute atomic E-state index is 0.122. The second-order valence-corrected chi connectivity index (χ2v) is 5.41. The number of anilines is 1. The molecule has 0 spiro atoms. The number of para-hydroxylation sites is 1. The first kappa shape index (κ1) is 16.9. The lowest BCUT2D eigenvalue weighted by Crippen LogP contribution is -2.27. The van der Waals surface area contributed by atoms with Crippen molar-refractivity contribution < 1.29 is 24.6 Å². The van der Waals surface area contributed by atoms with E-state index in [1.165, 1.54) is 6.20 Å². The molecule has 0 aliphatic rings. The zero-order valence-corrected chi connectivity index (χ0v) is 13.1. The molecule has 0 saturated heterocycles. The summed E-state index contributed by atoms with van der Waals surface area (Å²) in [5, 5.41) is 24.6. The van der Waals surface area contributed by atoms with E-state index in [4.69, 9.17) is 0 Å². The van der Waals surface area contributed by atoms with Crippen LogP contribution in [0, 0.1) is 0 Å². The van der Waals surface area contributed by atoms with Gasteiger partial charge in [-0.3, -0.25) is 9.59 Å². The third kappa shape index (κ3) is 3.16. The molecule has 2 N–H and O–H groups in total. The molecule has 2 aromatic carbocycles. The van der Waals surface area contributed by atoms with Gasteiger partial charge in [0.2, 0.25) is 5.43 Å². The van der Waals surface area contributed by atoms with Crippen LogP contribution >= 0.6 is 0 Å². The van der Waals surface area contributed by atoms with Crippen LogP contribution in [0.15, 0.2) is 53.5 Å². The molecule has 8 heteroatoms. The summed E-state index contributed by atoms with van der Waals surface area (Å²) < 4.78 is 0. The zero-order valence-electron chi connectivity index (χ0n) is 13.1. The Bertz CT molecular complexity index is 1080. The highest BCUT2D eigenvalue weighted by atomic mass is 16.4. The molecule has 0 aliphatic heterocycles. The predicted molar refractivity (Wildman–Crippen MR) is 87.6 cm³/mol. The van der Waals surface area contributed by atoms with Gasteiger partial charge in [0.05, 0.1) is 11.9 Å². The Morgan fingerprint density at radius 2 is 1.54 bits per heavy atom. The summed E-state index contributed by atoms with van der Waals surface area (Å²) in [7, 11) is 0. The smallest absolute Gasteiger partial charge is 0.261 e. The number of hydrogen-bond donors (Lipinski definition) is 2. The first-order chi connectivity index (χ1) is 12.4. The van der Waals surface area contributed by atoms with Crippen molar-refractivity contribution in [1.82, 2.24) is 4.98 Å². The van der Waals surface area contributed by atoms with E-state index >= 15 is 0 Å². The second-order valence-electron chi connectivity index (χ2n) is 5.41. The average molecular weight is 350 g/mol. The molecule has 3 rings (SSSR count). The standard InChI is InChI=1S/C18H12N2O6/c21-15-12-3-1-2-4-14(12)19-8-13(15)16(22)20-11-6-9(17(23)24)5-10(7-11)18(25)26/h1-8H,(H,19,21)(H,20,22)(H,23,24)(H,25,26)/p-2. The van der Waals surface area contributed by atoms with E-state index in [0.717, 1.165) is 18.2 Å². The number of fused-ring (bicyclic) bond motifs is 1. The highest BCUT2D eigenvalue weighted by Gasteiger charge is 2.14. The molecular formula is C18H10N2O6-2. The number of aromatic nitrogens is 1. The van der Waals surface area contributed by atoms with E-state index < -0.39 is 34.4 Å². The molecule has 130 valence electrons. The van der Waals surface area contributed by atoms with Crippen molar-refractivity contribution in [2.75, 3.05) is 5.32 Å². The van der Waals surface area contributed by atoms with E-state index in [1.807, 2.05) is 0 Å². The Balaban J connectivity index is 2.00. The molecule has 0 fully saturated rings. The number of aromatic amines is 1. The molecule has 8 nitrogen and oxygen atoms in total. The predicted octanol–water partition coefficient (Wildman–Crippen LogP) is -0.493. The summed E-state index contributed by atoms with van der Waals surface area (Å²) in [4.78, 5) is 49.6. The number of amides is 1. The van der Waals surface area contributed by atoms with Gasteiger partial charge >= 0.3 is 0 Å². The Labute approximate surface area is 145 Å². The molecule has 0 atom stereocenters. The fourth-order valence-electron chi connectivity index (χ4n) is 2.47. The largest absolute Gasteiger partial charge is 0.545 e. The molecule has 0 aliphatic carbocycles. The second kappa shape index (κ2) is 6.52. The molecule has 1 heterocycles. The van der Waals surface area contributed by atoms with Gasteiger partial charge in [-0.2, -0.15) is 0 Å². The first-order valence-corrected chi connectivity index (χ1v) is 7.36. The van der Waals surface area contributed by atoms with Crippen molar-refractivity contribution in [2.24, 2.45) is 0 Å². The molecule has 26 heavy (non-hydrogen) atoms. The van der Waals surface area contributed by atoms with E-state index in [2.05, 4.69) is 10.3 Å². The molecule has 1 amide bonds. The van der Waals surface area contributed by atoms with Gasteiger partial charge < -0.3 is 30.1 Å². The lowest BCUT2D eigenvalue weighted by molar-refractivity contribution is -0.255. The minimum Gasteiger partial charge on any atom is -0.545 e. The van der Waals surface area contributed by atoms with Gasteiger partial charge in [0.25, 0.3) is 5.91 Å². The third-order valence-corrected chi connectivity index (χ3v) is 3.70. The van der Waals surface area contributed by atoms with Gasteiger partial charge in [-0.05, 0) is 41.5 Å². The van der Waals surface area contributed by atoms with Gasteiger partial charge in [-0.1, -0.05) is 12.1 Å². The highest BCUT2D eigenvalue weighted by molar-refractivity contribution is 6.06. The maximum Gasteiger partial charge on any atom is 0.261 e. The van der Waals surface area contributed by atoms with Crippen LogP contribution in [0.25, 0.3) is 10.9 Å². The number of hydrogen-bond acceptors (Lipinski definition) is 6. The number of benzene rings is 2. The van der Waals surface area contributed by atoms with Crippen molar-refractivity contribution >= 4 is 34.4 Å². The summed E-state index contributed by atoms with van der Waals surface area (Å²) in [6.07, 6.45) is 1.22. The van der Waals surface area contributed by atoms with Gasteiger partial charge in [-0.15, -0.1) is 0 Å². The summed E-state index contributed by atoms with van der Waals surface area (Å²) in [6.45, 7) is 0. The Morgan fingerprint density at radius 1 is 0.923 bits per heavy atom. The van der Waals surface area contributed by atoms with Crippen molar-refractivity contribution in [3.05, 3.63) is 75.6 Å². The Hall–Kier alpha value is -3.94. The fraction of sp³-hybridized carbons (Fsp3) is 0. The van der Waals surface area contributed by atoms with Crippen LogP contribution in [0.2, 0.25) is 0 Å². The normalized spacial score (nSPS) is 10.5. The quantitative estimate of drug-likeness (QED) is 0.650. The topological polar surface area (TPSA) is 142 Å². The highest BCUT2D eigenvalue weighted by Crippen LogP contribution is 2.16. The number of nitrogens with one attached hydrogen (secondary N) is 2. The number of carbonyl (C=O) groups is 3. The monoisotopic (exact) mass is 350 g/mol. The third-order valence-electron chi connectivity index (χ3n) is 3.70. The van der Waals surface area contributed by atoms with E-state index in [0.29, 0.717) is 10.9 Å². The molecule has 3 aromatic rings. The average Bonchev–Trinajstić information content (AvgIpc) is 2.61. The van der Waals surface area contributed by atoms with Gasteiger partial charge in [0.1, 0.15) is 5.56 Å². The molecule has 0 unspecified atom stereocenters. The number of carboxylic acid groups (broad SMARTS) is 2. The number of pyridine rings is 1. The van der Waals surface area contributed by atoms with Crippen LogP contribution in [-0.2, 0) is 0 Å². The first-order valence-electron chi connectivity index (χ1n) is 7.36. The van der Waals surface area contributed by atoms with E-state index in [1.54, 1.807) is 24.3 Å². The zero-order chi connectivity index (χ0) is 18.8. The summed E-state index contributed by atoms with van der Waals surface area (Å²) in [5.41, 5.74) is -1.20. The minimum atomic E-state index is -1.62. The van der Waals surface area contributed by atoms with E-state index in [-0.39, 0.29) is 11.3 Å². The van der Waals surface area contributed by atoms with Crippen LogP contribution in [0.3, 0.4) is 0 Å². The van der Waals surface area contributed by atoms with Crippen molar-refractivity contribution in [2.45, 2.75) is 0 Å². The van der Waals surface area contributed by atoms with Crippen LogP contribution in [0.4, 0.5) is 5.69 Å². The number of carboxylic acids is 2. The number of aromatic carboxylic acids is 2. The summed E-state index contributed by atoms with van der Waals surface area (Å²) in [6, 6.07) is 9.50. The number of carbonyl (C=O) groups excluding carboxylic acids is 3. The Morgan fingerprint density at radius 3 is 2.15 bits per heavy atom. The van der Waals surface area contributed by atoms with Gasteiger partial charge in [0.15, 0.2) is 0 Å². The Kier molecular flexibility index (Phi) is 4.24. The molecule has 1 aromatic heterocycles. The number of H-pyrrole nitrogens is 1. The van der Waals surface area contributed by atoms with Crippen LogP contribution in [0.1, 0.15) is 31.1 Å². The van der Waals surface area contributed by atoms with Gasteiger partial charge in [0, 0.05) is 22.8 Å². The maximum atomic E-state index is 12.4. The van der Waals surface area contributed by atoms with Gasteiger partial charge in [-0.25, -0.2) is 0 Å². The lowest BCUT2D eigenvalue weighted by atomic mass is 10.1. The van der Waals surface area contributed by atoms with Crippen molar-refractivity contribution in [1.29, 1.82) is 0 Å². The van der Waals surface area contributed by atoms with Crippen LogP contribution in [0.5, 0.6) is 0 Å². The van der Waals surface area contributed by atoms with E-state index in [9.17, 15) is 29.4 Å². The summed E-state index contributed by atoms with van der Waals surface area (Å²) in [5.74, 6) is -4.06. The summed E-state index contributed by atoms with van der Waals surface area (Å²) >= 11 is 0. The molecule has 0 bridgehead atoms. The fourth-order valence-corrected chi connectivity index (χ4v) is 2.47. The molecule has 0 saturated carbocycles. The number of rotatable bonds is 4. The van der Waals surface area contributed by atoms with Crippen LogP contribution < -0.4 is 21.0 Å². The molecular weight excluding hydrogens is 340 g/mol. The lowest BCUT2D eigenvalue weighted by Gasteiger charge is -2.12.